The van der Waals surface area contributed by atoms with Gasteiger partial charge in [-0.2, -0.15) is 4.39 Å². The zero-order valence-electron chi connectivity index (χ0n) is 20.0. The molecule has 1 aliphatic carbocycles. The van der Waals surface area contributed by atoms with Gasteiger partial charge in [-0.3, -0.25) is 20.5 Å². The number of nitrogens with one attached hydrogen (secondary N) is 3. The van der Waals surface area contributed by atoms with Crippen LogP contribution in [0.15, 0.2) is 5.16 Å². The summed E-state index contributed by atoms with van der Waals surface area (Å²) < 4.78 is 21.1. The second-order valence-electron chi connectivity index (χ2n) is 9.29. The summed E-state index contributed by atoms with van der Waals surface area (Å²) in [5.41, 5.74) is 5.20. The number of nitrogens with zero attached hydrogens (tertiary/aromatic N) is 4. The van der Waals surface area contributed by atoms with Crippen LogP contribution in [0.2, 0.25) is 0 Å². The highest BCUT2D eigenvalue weighted by molar-refractivity contribution is 7.98. The summed E-state index contributed by atoms with van der Waals surface area (Å²) in [6.45, 7) is 4.22. The normalized spacial score (nSPS) is 21.9. The van der Waals surface area contributed by atoms with Crippen LogP contribution >= 0.6 is 11.8 Å². The molecular weight excluding hydrogens is 477 g/mol. The highest BCUT2D eigenvalue weighted by Gasteiger charge is 2.32. The minimum absolute atomic E-state index is 0.000647. The molecule has 3 heterocycles. The Labute approximate surface area is 208 Å². The number of halogens is 1. The lowest BCUT2D eigenvalue weighted by molar-refractivity contribution is -0.124. The molecule has 13 heteroatoms. The van der Waals surface area contributed by atoms with E-state index in [1.165, 1.54) is 11.8 Å². The standard InChI is InChI=1S/C22H34FN7O4S/c1-35-21-25-18(17(23)19(26-21)30-7-6-29-8-9-34-13-16(29)12-30)27-28-20(31)15(11-24-22(32)33)10-14-4-2-3-5-14/h14-16,24H,2-13H2,1H3,(H,28,31)(H,32,33)(H,25,26,27)/t15-,16+/m1/s1. The molecule has 2 saturated heterocycles. The molecule has 194 valence electrons. The van der Waals surface area contributed by atoms with Gasteiger partial charge in [0.15, 0.2) is 16.8 Å². The van der Waals surface area contributed by atoms with Gasteiger partial charge >= 0.3 is 6.09 Å². The maximum absolute atomic E-state index is 15.5. The Kier molecular flexibility index (Phi) is 8.84. The molecule has 35 heavy (non-hydrogen) atoms. The summed E-state index contributed by atoms with van der Waals surface area (Å²) in [5.74, 6) is -1.13. The molecule has 3 fully saturated rings. The highest BCUT2D eigenvalue weighted by atomic mass is 32.2. The molecule has 3 aliphatic rings. The van der Waals surface area contributed by atoms with Gasteiger partial charge in [0.2, 0.25) is 11.7 Å². The first-order chi connectivity index (χ1) is 16.9. The SMILES string of the molecule is CSc1nc(NNC(=O)[C@@H](CNC(=O)O)CC2CCCC2)c(F)c(N2CCN3CCOC[C@@H]3C2)n1. The molecule has 0 spiro atoms. The number of ether oxygens (including phenoxy) is 1. The lowest BCUT2D eigenvalue weighted by Crippen LogP contribution is -2.58. The molecule has 0 bridgehead atoms. The number of rotatable bonds is 9. The number of aromatic nitrogens is 2. The number of hydrazine groups is 1. The van der Waals surface area contributed by atoms with Crippen LogP contribution in [0.5, 0.6) is 0 Å². The van der Waals surface area contributed by atoms with Crippen LogP contribution in [-0.4, -0.2) is 90.2 Å². The molecule has 4 rings (SSSR count). The van der Waals surface area contributed by atoms with Gasteiger partial charge < -0.3 is 20.1 Å². The number of hydrogen-bond acceptors (Lipinski definition) is 9. The molecule has 1 saturated carbocycles. The van der Waals surface area contributed by atoms with Crippen molar-refractivity contribution in [2.75, 3.05) is 62.5 Å². The van der Waals surface area contributed by atoms with Gasteiger partial charge in [-0.15, -0.1) is 0 Å². The fraction of sp³-hybridized carbons (Fsp3) is 0.727. The summed E-state index contributed by atoms with van der Waals surface area (Å²) in [4.78, 5) is 36.8. The quantitative estimate of drug-likeness (QED) is 0.221. The van der Waals surface area contributed by atoms with E-state index in [0.29, 0.717) is 43.8 Å². The van der Waals surface area contributed by atoms with Crippen molar-refractivity contribution in [2.45, 2.75) is 43.3 Å². The van der Waals surface area contributed by atoms with E-state index in [2.05, 4.69) is 31.0 Å². The third kappa shape index (κ3) is 6.64. The molecule has 2 amide bonds. The van der Waals surface area contributed by atoms with Crippen molar-refractivity contribution in [1.82, 2.24) is 25.6 Å². The second-order valence-corrected chi connectivity index (χ2v) is 10.1. The van der Waals surface area contributed by atoms with Gasteiger partial charge in [-0.1, -0.05) is 37.4 Å². The number of carbonyl (C=O) groups excluding carboxylic acids is 1. The predicted molar refractivity (Wildman–Crippen MR) is 130 cm³/mol. The topological polar surface area (TPSA) is 132 Å². The highest BCUT2D eigenvalue weighted by Crippen LogP contribution is 2.31. The van der Waals surface area contributed by atoms with Crippen molar-refractivity contribution in [2.24, 2.45) is 11.8 Å². The maximum Gasteiger partial charge on any atom is 0.404 e. The Bertz CT molecular complexity index is 905. The van der Waals surface area contributed by atoms with Gasteiger partial charge in [0.05, 0.1) is 25.2 Å². The first-order valence-corrected chi connectivity index (χ1v) is 13.4. The number of hydrogen-bond donors (Lipinski definition) is 4. The zero-order valence-corrected chi connectivity index (χ0v) is 20.8. The maximum atomic E-state index is 15.5. The number of amides is 2. The van der Waals surface area contributed by atoms with Crippen LogP contribution in [0.1, 0.15) is 32.1 Å². The third-order valence-electron chi connectivity index (χ3n) is 7.00. The van der Waals surface area contributed by atoms with Crippen molar-refractivity contribution in [1.29, 1.82) is 0 Å². The monoisotopic (exact) mass is 511 g/mol. The molecular formula is C22H34FN7O4S. The Morgan fingerprint density at radius 2 is 2.06 bits per heavy atom. The van der Waals surface area contributed by atoms with E-state index >= 15 is 4.39 Å². The molecule has 0 radical (unpaired) electrons. The van der Waals surface area contributed by atoms with Gasteiger partial charge in [-0.25, -0.2) is 14.8 Å². The zero-order chi connectivity index (χ0) is 24.8. The van der Waals surface area contributed by atoms with Gasteiger partial charge in [-0.05, 0) is 18.6 Å². The van der Waals surface area contributed by atoms with Crippen molar-refractivity contribution in [3.05, 3.63) is 5.82 Å². The van der Waals surface area contributed by atoms with E-state index in [0.717, 1.165) is 38.8 Å². The lowest BCUT2D eigenvalue weighted by Gasteiger charge is -2.44. The molecule has 2 aliphatic heterocycles. The Hall–Kier alpha value is -2.38. The van der Waals surface area contributed by atoms with E-state index in [4.69, 9.17) is 9.84 Å². The number of carboxylic acid groups (broad SMARTS) is 1. The summed E-state index contributed by atoms with van der Waals surface area (Å²) in [6, 6.07) is 0.179. The molecule has 1 aromatic rings. The number of anilines is 2. The molecule has 1 aromatic heterocycles. The van der Waals surface area contributed by atoms with Crippen LogP contribution in [0.3, 0.4) is 0 Å². The van der Waals surface area contributed by atoms with Crippen molar-refractivity contribution < 1.29 is 23.8 Å². The van der Waals surface area contributed by atoms with Crippen LogP contribution in [0.25, 0.3) is 0 Å². The molecule has 11 nitrogen and oxygen atoms in total. The van der Waals surface area contributed by atoms with E-state index in [9.17, 15) is 9.59 Å². The molecule has 2 atom stereocenters. The largest absolute Gasteiger partial charge is 0.465 e. The fourth-order valence-electron chi connectivity index (χ4n) is 5.10. The fourth-order valence-corrected chi connectivity index (χ4v) is 5.46. The third-order valence-corrected chi connectivity index (χ3v) is 7.55. The summed E-state index contributed by atoms with van der Waals surface area (Å²) in [6.07, 6.45) is 5.52. The molecule has 0 unspecified atom stereocenters. The first kappa shape index (κ1) is 25.7. The van der Waals surface area contributed by atoms with Gasteiger partial charge in [0.25, 0.3) is 0 Å². The minimum Gasteiger partial charge on any atom is -0.465 e. The van der Waals surface area contributed by atoms with E-state index in [1.54, 1.807) is 0 Å². The minimum atomic E-state index is -1.18. The Morgan fingerprint density at radius 1 is 1.26 bits per heavy atom. The predicted octanol–water partition coefficient (Wildman–Crippen LogP) is 1.77. The first-order valence-electron chi connectivity index (χ1n) is 12.2. The molecule has 4 N–H and O–H groups in total. The van der Waals surface area contributed by atoms with E-state index in [-0.39, 0.29) is 24.2 Å². The van der Waals surface area contributed by atoms with Crippen molar-refractivity contribution >= 4 is 35.4 Å². The molecule has 0 aromatic carbocycles. The van der Waals surface area contributed by atoms with Crippen molar-refractivity contribution in [3.63, 3.8) is 0 Å². The Balaban J connectivity index is 1.44. The van der Waals surface area contributed by atoms with E-state index in [1.807, 2.05) is 11.2 Å². The summed E-state index contributed by atoms with van der Waals surface area (Å²) in [5, 5.41) is 11.7. The second kappa shape index (κ2) is 12.0. The van der Waals surface area contributed by atoms with Crippen LogP contribution < -0.4 is 21.1 Å². The lowest BCUT2D eigenvalue weighted by atomic mass is 9.92. The van der Waals surface area contributed by atoms with E-state index < -0.39 is 23.7 Å². The average molecular weight is 512 g/mol. The number of thioether (sulfide) groups is 1. The summed E-state index contributed by atoms with van der Waals surface area (Å²) >= 11 is 1.29. The van der Waals surface area contributed by atoms with Crippen LogP contribution in [0.4, 0.5) is 20.8 Å². The average Bonchev–Trinajstić information content (AvgIpc) is 3.38. The van der Waals surface area contributed by atoms with Gasteiger partial charge in [0, 0.05) is 32.7 Å². The Morgan fingerprint density at radius 3 is 2.80 bits per heavy atom. The van der Waals surface area contributed by atoms with Crippen LogP contribution in [0, 0.1) is 17.7 Å². The number of carbonyl (C=O) groups is 2. The van der Waals surface area contributed by atoms with Crippen molar-refractivity contribution in [3.8, 4) is 0 Å². The summed E-state index contributed by atoms with van der Waals surface area (Å²) in [7, 11) is 0. The number of morpholine rings is 1. The number of fused-ring (bicyclic) bond motifs is 1. The van der Waals surface area contributed by atoms with Crippen LogP contribution in [-0.2, 0) is 9.53 Å². The number of piperazine rings is 1. The smallest absolute Gasteiger partial charge is 0.404 e. The van der Waals surface area contributed by atoms with Gasteiger partial charge in [0.1, 0.15) is 0 Å².